The molecule has 0 unspecified atom stereocenters. The predicted octanol–water partition coefficient (Wildman–Crippen LogP) is 7.50. The molecule has 0 spiro atoms. The number of aliphatic hydroxyl groups excluding tert-OH is 4. The zero-order valence-electron chi connectivity index (χ0n) is 26.6. The first kappa shape index (κ1) is 34.7. The molecule has 0 amide bonds. The second-order valence-corrected chi connectivity index (χ2v) is 11.3. The quantitative estimate of drug-likeness (QED) is 0.0635. The van der Waals surface area contributed by atoms with E-state index in [1.165, 1.54) is 36.4 Å². The highest BCUT2D eigenvalue weighted by atomic mass is 16.5. The van der Waals surface area contributed by atoms with Gasteiger partial charge in [0.15, 0.2) is 0 Å². The third-order valence-corrected chi connectivity index (χ3v) is 7.77. The largest absolute Gasteiger partial charge is 0.511 e. The highest BCUT2D eigenvalue weighted by molar-refractivity contribution is 5.92. The molecule has 4 N–H and O–H groups in total. The molecule has 0 aliphatic rings. The molecule has 0 heterocycles. The summed E-state index contributed by atoms with van der Waals surface area (Å²) in [5.41, 5.74) is 1.87. The fraction of sp³-hybridized carbons (Fsp3) is 0.231. The summed E-state index contributed by atoms with van der Waals surface area (Å²) in [7, 11) is 0. The number of benzene rings is 4. The molecule has 0 fully saturated rings. The van der Waals surface area contributed by atoms with Gasteiger partial charge in [-0.2, -0.15) is 0 Å². The van der Waals surface area contributed by atoms with Crippen molar-refractivity contribution in [2.75, 3.05) is 13.2 Å². The number of aryl methyl sites for hydroxylation is 2. The Bertz CT molecular complexity index is 1560. The first-order valence-corrected chi connectivity index (χ1v) is 15.6. The second kappa shape index (κ2) is 16.4. The molecule has 0 radical (unpaired) electrons. The summed E-state index contributed by atoms with van der Waals surface area (Å²) in [5.74, 6) is -1.23. The molecule has 0 aliphatic heterocycles. The maximum atomic E-state index is 12.6. The van der Waals surface area contributed by atoms with Gasteiger partial charge in [-0.3, -0.25) is 0 Å². The Morgan fingerprint density at radius 3 is 1.21 bits per heavy atom. The first-order valence-electron chi connectivity index (χ1n) is 15.6. The highest BCUT2D eigenvalue weighted by Gasteiger charge is 2.38. The third-order valence-electron chi connectivity index (χ3n) is 7.77. The van der Waals surface area contributed by atoms with Gasteiger partial charge < -0.3 is 29.9 Å². The molecule has 4 aromatic rings. The van der Waals surface area contributed by atoms with Crippen molar-refractivity contribution in [3.63, 3.8) is 0 Å². The van der Waals surface area contributed by atoms with Crippen LogP contribution in [-0.4, -0.2) is 45.6 Å². The summed E-state index contributed by atoms with van der Waals surface area (Å²) in [6.45, 7) is 2.57. The van der Waals surface area contributed by atoms with E-state index in [0.717, 1.165) is 36.8 Å². The summed E-state index contributed by atoms with van der Waals surface area (Å²) >= 11 is 0. The molecule has 4 rings (SSSR count). The molecule has 0 saturated carbocycles. The Morgan fingerprint density at radius 2 is 0.915 bits per heavy atom. The van der Waals surface area contributed by atoms with Crippen LogP contribution in [0.1, 0.15) is 69.7 Å². The van der Waals surface area contributed by atoms with Crippen LogP contribution >= 0.6 is 0 Å². The van der Waals surface area contributed by atoms with E-state index in [1.54, 1.807) is 48.5 Å². The standard InChI is InChI=1S/C39H40O8/c1-3-5-27-11-19-33(20-12-27)46-37(44)31-15-7-29(8-16-31)23-35(42)39(25-40,26-41)36(43)24-30-9-17-32(18-10-30)38(45)47-34-21-13-28(6-4-2)14-22-34/h7-24,40-43H,3-6,25-26H2,1-2H3. The van der Waals surface area contributed by atoms with Crippen molar-refractivity contribution in [2.45, 2.75) is 39.5 Å². The number of aliphatic hydroxyl groups is 4. The summed E-state index contributed by atoms with van der Waals surface area (Å²) in [4.78, 5) is 25.3. The van der Waals surface area contributed by atoms with E-state index < -0.39 is 42.1 Å². The molecule has 47 heavy (non-hydrogen) atoms. The molecule has 0 atom stereocenters. The van der Waals surface area contributed by atoms with Crippen LogP contribution in [0.3, 0.4) is 0 Å². The number of carbonyl (C=O) groups is 2. The van der Waals surface area contributed by atoms with Gasteiger partial charge in [-0.15, -0.1) is 0 Å². The van der Waals surface area contributed by atoms with E-state index in [-0.39, 0.29) is 11.1 Å². The molecule has 8 heteroatoms. The molecule has 0 bridgehead atoms. The van der Waals surface area contributed by atoms with Crippen LogP contribution in [0.2, 0.25) is 0 Å². The summed E-state index contributed by atoms with van der Waals surface area (Å²) in [6.07, 6.45) is 6.49. The lowest BCUT2D eigenvalue weighted by Gasteiger charge is -2.28. The van der Waals surface area contributed by atoms with Gasteiger partial charge in [0.25, 0.3) is 0 Å². The lowest BCUT2D eigenvalue weighted by Crippen LogP contribution is -2.34. The number of esters is 2. The van der Waals surface area contributed by atoms with Crippen molar-refractivity contribution < 1.29 is 39.5 Å². The maximum Gasteiger partial charge on any atom is 0.343 e. The first-order chi connectivity index (χ1) is 22.7. The predicted molar refractivity (Wildman–Crippen MR) is 181 cm³/mol. The minimum Gasteiger partial charge on any atom is -0.511 e. The van der Waals surface area contributed by atoms with Crippen molar-refractivity contribution >= 4 is 24.1 Å². The average molecular weight is 637 g/mol. The highest BCUT2D eigenvalue weighted by Crippen LogP contribution is 2.34. The lowest BCUT2D eigenvalue weighted by molar-refractivity contribution is 0.0487. The van der Waals surface area contributed by atoms with Crippen LogP contribution in [0, 0.1) is 5.41 Å². The fourth-order valence-electron chi connectivity index (χ4n) is 4.89. The normalized spacial score (nSPS) is 12.1. The third kappa shape index (κ3) is 8.97. The van der Waals surface area contributed by atoms with Crippen molar-refractivity contribution in [1.29, 1.82) is 0 Å². The Labute approximate surface area is 274 Å². The molecule has 0 saturated heterocycles. The lowest BCUT2D eigenvalue weighted by atomic mass is 9.83. The zero-order chi connectivity index (χ0) is 33.8. The van der Waals surface area contributed by atoms with E-state index in [9.17, 15) is 30.0 Å². The van der Waals surface area contributed by atoms with Crippen molar-refractivity contribution in [2.24, 2.45) is 5.41 Å². The summed E-state index contributed by atoms with van der Waals surface area (Å²) in [5, 5.41) is 42.4. The molecule has 0 aromatic heterocycles. The van der Waals surface area contributed by atoms with Gasteiger partial charge >= 0.3 is 11.9 Å². The van der Waals surface area contributed by atoms with Crippen LogP contribution in [0.25, 0.3) is 12.2 Å². The van der Waals surface area contributed by atoms with Gasteiger partial charge in [0, 0.05) is 0 Å². The Morgan fingerprint density at radius 1 is 0.574 bits per heavy atom. The van der Waals surface area contributed by atoms with Crippen LogP contribution in [-0.2, 0) is 12.8 Å². The SMILES string of the molecule is CCCc1ccc(OC(=O)c2ccc(C=C(O)C(CO)(CO)C(O)=Cc3ccc(C(=O)Oc4ccc(CCC)cc4)cc3)cc2)cc1. The molecule has 244 valence electrons. The number of hydrogen-bond acceptors (Lipinski definition) is 8. The smallest absolute Gasteiger partial charge is 0.343 e. The van der Waals surface area contributed by atoms with E-state index in [1.807, 2.05) is 24.3 Å². The van der Waals surface area contributed by atoms with Gasteiger partial charge in [-0.05, 0) is 95.8 Å². The summed E-state index contributed by atoms with van der Waals surface area (Å²) in [6, 6.07) is 27.0. The number of rotatable bonds is 14. The van der Waals surface area contributed by atoms with E-state index in [2.05, 4.69) is 13.8 Å². The van der Waals surface area contributed by atoms with Gasteiger partial charge in [0.1, 0.15) is 28.4 Å². The molecule has 0 aliphatic carbocycles. The van der Waals surface area contributed by atoms with Gasteiger partial charge in [0.2, 0.25) is 0 Å². The Kier molecular flexibility index (Phi) is 12.1. The number of ether oxygens (including phenoxy) is 2. The van der Waals surface area contributed by atoms with E-state index in [0.29, 0.717) is 22.6 Å². The van der Waals surface area contributed by atoms with Crippen LogP contribution in [0.5, 0.6) is 11.5 Å². The second-order valence-electron chi connectivity index (χ2n) is 11.3. The number of carbonyl (C=O) groups excluding carboxylic acids is 2. The molecule has 8 nitrogen and oxygen atoms in total. The topological polar surface area (TPSA) is 134 Å². The molecule has 4 aromatic carbocycles. The fourth-order valence-corrected chi connectivity index (χ4v) is 4.89. The monoisotopic (exact) mass is 636 g/mol. The van der Waals surface area contributed by atoms with E-state index >= 15 is 0 Å². The molecular formula is C39H40O8. The Hall–Kier alpha value is -5.18. The van der Waals surface area contributed by atoms with Crippen LogP contribution < -0.4 is 9.47 Å². The van der Waals surface area contributed by atoms with Gasteiger partial charge in [0.05, 0.1) is 24.3 Å². The average Bonchev–Trinajstić information content (AvgIpc) is 3.08. The van der Waals surface area contributed by atoms with Crippen LogP contribution in [0.15, 0.2) is 109 Å². The van der Waals surface area contributed by atoms with Crippen molar-refractivity contribution in [3.05, 3.63) is 142 Å². The Balaban J connectivity index is 1.44. The minimum atomic E-state index is -1.91. The maximum absolute atomic E-state index is 12.6. The van der Waals surface area contributed by atoms with E-state index in [4.69, 9.17) is 9.47 Å². The molecular weight excluding hydrogens is 596 g/mol. The summed E-state index contributed by atoms with van der Waals surface area (Å²) < 4.78 is 10.9. The number of hydrogen-bond donors (Lipinski definition) is 4. The van der Waals surface area contributed by atoms with Gasteiger partial charge in [-0.25, -0.2) is 9.59 Å². The van der Waals surface area contributed by atoms with Crippen molar-refractivity contribution in [1.82, 2.24) is 0 Å². The zero-order valence-corrected chi connectivity index (χ0v) is 26.6. The van der Waals surface area contributed by atoms with Crippen LogP contribution in [0.4, 0.5) is 0 Å². The van der Waals surface area contributed by atoms with Gasteiger partial charge in [-0.1, -0.05) is 75.2 Å². The minimum absolute atomic E-state index is 0.287. The van der Waals surface area contributed by atoms with Crippen molar-refractivity contribution in [3.8, 4) is 11.5 Å².